The lowest BCUT2D eigenvalue weighted by Gasteiger charge is -2.39. The molecule has 8 heteroatoms. The van der Waals surface area contributed by atoms with E-state index in [9.17, 15) is 9.59 Å². The van der Waals surface area contributed by atoms with Gasteiger partial charge in [-0.1, -0.05) is 0 Å². The van der Waals surface area contributed by atoms with E-state index in [1.54, 1.807) is 4.90 Å². The van der Waals surface area contributed by atoms with Crippen LogP contribution >= 0.6 is 0 Å². The van der Waals surface area contributed by atoms with Crippen LogP contribution in [-0.2, 0) is 9.59 Å². The number of amides is 2. The molecule has 3 heterocycles. The van der Waals surface area contributed by atoms with Gasteiger partial charge in [0.05, 0.1) is 5.92 Å². The second-order valence-electron chi connectivity index (χ2n) is 6.71. The molecule has 25 heavy (non-hydrogen) atoms. The number of nitrogen functional groups attached to an aromatic ring is 1. The van der Waals surface area contributed by atoms with Gasteiger partial charge in [0.1, 0.15) is 5.82 Å². The smallest absolute Gasteiger partial charge is 0.227 e. The van der Waals surface area contributed by atoms with Gasteiger partial charge in [0.2, 0.25) is 17.8 Å². The highest BCUT2D eigenvalue weighted by Crippen LogP contribution is 2.22. The second-order valence-corrected chi connectivity index (χ2v) is 6.71. The monoisotopic (exact) mass is 346 g/mol. The van der Waals surface area contributed by atoms with Gasteiger partial charge in [-0.05, 0) is 20.3 Å². The van der Waals surface area contributed by atoms with Crippen molar-refractivity contribution in [3.8, 4) is 0 Å². The molecule has 0 spiro atoms. The number of aromatic nitrogens is 2. The molecule has 2 fully saturated rings. The number of anilines is 2. The molecular formula is C17H26N6O2. The van der Waals surface area contributed by atoms with E-state index in [2.05, 4.69) is 14.9 Å². The molecule has 0 aliphatic carbocycles. The Morgan fingerprint density at radius 2 is 2.00 bits per heavy atom. The van der Waals surface area contributed by atoms with Gasteiger partial charge in [-0.3, -0.25) is 9.59 Å². The number of hydrogen-bond acceptors (Lipinski definition) is 6. The standard InChI is InChI=1S/C17H26N6O2/c1-3-21-11-13(4-5-15(21)24)16(25)23-8-6-22(7-9-23)14-10-12(2)19-17(18)20-14/h10,13H,3-9,11H2,1-2H3,(H2,18,19,20)/t13-/m0/s1. The lowest BCUT2D eigenvalue weighted by atomic mass is 9.95. The summed E-state index contributed by atoms with van der Waals surface area (Å²) in [5.74, 6) is 1.36. The molecule has 136 valence electrons. The predicted octanol–water partition coefficient (Wildman–Crippen LogP) is 0.274. The average Bonchev–Trinajstić information content (AvgIpc) is 2.61. The van der Waals surface area contributed by atoms with Gasteiger partial charge >= 0.3 is 0 Å². The van der Waals surface area contributed by atoms with Crippen LogP contribution in [0.3, 0.4) is 0 Å². The van der Waals surface area contributed by atoms with E-state index < -0.39 is 0 Å². The number of carbonyl (C=O) groups is 2. The zero-order valence-electron chi connectivity index (χ0n) is 14.9. The lowest BCUT2D eigenvalue weighted by Crippen LogP contribution is -2.53. The van der Waals surface area contributed by atoms with Crippen molar-refractivity contribution >= 4 is 23.6 Å². The number of rotatable bonds is 3. The first-order valence-corrected chi connectivity index (χ1v) is 8.90. The van der Waals surface area contributed by atoms with Crippen molar-refractivity contribution in [2.24, 2.45) is 5.92 Å². The van der Waals surface area contributed by atoms with Crippen molar-refractivity contribution in [2.75, 3.05) is 49.9 Å². The van der Waals surface area contributed by atoms with Crippen LogP contribution in [-0.4, -0.2) is 70.9 Å². The third-order valence-electron chi connectivity index (χ3n) is 5.00. The lowest BCUT2D eigenvalue weighted by molar-refractivity contribution is -0.143. The number of likely N-dealkylation sites (tertiary alicyclic amines) is 1. The van der Waals surface area contributed by atoms with Crippen LogP contribution in [0, 0.1) is 12.8 Å². The highest BCUT2D eigenvalue weighted by Gasteiger charge is 2.33. The molecule has 2 amide bonds. The molecule has 1 aromatic heterocycles. The van der Waals surface area contributed by atoms with Gasteiger partial charge in [-0.25, -0.2) is 4.98 Å². The van der Waals surface area contributed by atoms with E-state index in [1.807, 2.05) is 24.8 Å². The van der Waals surface area contributed by atoms with E-state index in [0.717, 1.165) is 24.6 Å². The van der Waals surface area contributed by atoms with Crippen molar-refractivity contribution < 1.29 is 9.59 Å². The molecule has 3 rings (SSSR count). The Hall–Kier alpha value is -2.38. The molecule has 2 aliphatic heterocycles. The molecule has 1 aromatic rings. The quantitative estimate of drug-likeness (QED) is 0.844. The predicted molar refractivity (Wildman–Crippen MR) is 95.0 cm³/mol. The maximum absolute atomic E-state index is 12.8. The van der Waals surface area contributed by atoms with Gasteiger partial charge in [-0.2, -0.15) is 4.98 Å². The Bertz CT molecular complexity index is 636. The number of piperidine rings is 1. The van der Waals surface area contributed by atoms with Crippen molar-refractivity contribution in [2.45, 2.75) is 26.7 Å². The van der Waals surface area contributed by atoms with E-state index in [1.165, 1.54) is 0 Å². The largest absolute Gasteiger partial charge is 0.368 e. The minimum atomic E-state index is -0.0684. The first-order valence-electron chi connectivity index (χ1n) is 8.90. The van der Waals surface area contributed by atoms with Gasteiger partial charge in [0, 0.05) is 57.4 Å². The fourth-order valence-corrected chi connectivity index (χ4v) is 3.57. The summed E-state index contributed by atoms with van der Waals surface area (Å²) >= 11 is 0. The molecule has 2 aliphatic rings. The first kappa shape index (κ1) is 17.4. The zero-order valence-corrected chi connectivity index (χ0v) is 14.9. The summed E-state index contributed by atoms with van der Waals surface area (Å²) in [4.78, 5) is 38.8. The van der Waals surface area contributed by atoms with Crippen molar-refractivity contribution in [1.29, 1.82) is 0 Å². The summed E-state index contributed by atoms with van der Waals surface area (Å²) in [5.41, 5.74) is 6.57. The molecule has 0 unspecified atom stereocenters. The fraction of sp³-hybridized carbons (Fsp3) is 0.647. The fourth-order valence-electron chi connectivity index (χ4n) is 3.57. The van der Waals surface area contributed by atoms with Gasteiger partial charge in [-0.15, -0.1) is 0 Å². The van der Waals surface area contributed by atoms with Crippen LogP contribution in [0.4, 0.5) is 11.8 Å². The summed E-state index contributed by atoms with van der Waals surface area (Å²) in [7, 11) is 0. The highest BCUT2D eigenvalue weighted by atomic mass is 16.2. The number of hydrogen-bond donors (Lipinski definition) is 1. The summed E-state index contributed by atoms with van der Waals surface area (Å²) < 4.78 is 0. The maximum atomic E-state index is 12.8. The molecule has 1 atom stereocenters. The van der Waals surface area contributed by atoms with Crippen molar-refractivity contribution in [1.82, 2.24) is 19.8 Å². The van der Waals surface area contributed by atoms with Crippen LogP contribution in [0.15, 0.2) is 6.07 Å². The first-order chi connectivity index (χ1) is 12.0. The van der Waals surface area contributed by atoms with Crippen LogP contribution < -0.4 is 10.6 Å². The van der Waals surface area contributed by atoms with Crippen LogP contribution in [0.1, 0.15) is 25.5 Å². The van der Waals surface area contributed by atoms with E-state index in [0.29, 0.717) is 39.0 Å². The minimum Gasteiger partial charge on any atom is -0.368 e. The maximum Gasteiger partial charge on any atom is 0.227 e. The number of nitrogens with zero attached hydrogens (tertiary/aromatic N) is 5. The molecule has 2 saturated heterocycles. The Labute approximate surface area is 148 Å². The van der Waals surface area contributed by atoms with Crippen LogP contribution in [0.2, 0.25) is 0 Å². The van der Waals surface area contributed by atoms with E-state index >= 15 is 0 Å². The third kappa shape index (κ3) is 3.83. The number of nitrogens with two attached hydrogens (primary N) is 1. The Balaban J connectivity index is 1.58. The number of carbonyl (C=O) groups excluding carboxylic acids is 2. The van der Waals surface area contributed by atoms with Crippen LogP contribution in [0.25, 0.3) is 0 Å². The van der Waals surface area contributed by atoms with E-state index in [4.69, 9.17) is 5.73 Å². The Morgan fingerprint density at radius 3 is 2.64 bits per heavy atom. The topological polar surface area (TPSA) is 95.7 Å². The number of aryl methyl sites for hydroxylation is 1. The molecular weight excluding hydrogens is 320 g/mol. The van der Waals surface area contributed by atoms with Gasteiger partial charge in [0.15, 0.2) is 0 Å². The molecule has 0 radical (unpaired) electrons. The van der Waals surface area contributed by atoms with Gasteiger partial charge in [0.25, 0.3) is 0 Å². The Morgan fingerprint density at radius 1 is 1.28 bits per heavy atom. The summed E-state index contributed by atoms with van der Waals surface area (Å²) in [6.07, 6.45) is 1.14. The molecule has 0 saturated carbocycles. The number of piperazine rings is 1. The Kier molecular flexibility index (Phi) is 5.06. The zero-order chi connectivity index (χ0) is 18.0. The SMILES string of the molecule is CCN1C[C@@H](C(=O)N2CCN(c3cc(C)nc(N)n3)CC2)CCC1=O. The van der Waals surface area contributed by atoms with Crippen molar-refractivity contribution in [3.63, 3.8) is 0 Å². The van der Waals surface area contributed by atoms with Gasteiger partial charge < -0.3 is 20.4 Å². The summed E-state index contributed by atoms with van der Waals surface area (Å²) in [6.45, 7) is 7.86. The summed E-state index contributed by atoms with van der Waals surface area (Å²) in [6, 6.07) is 1.92. The summed E-state index contributed by atoms with van der Waals surface area (Å²) in [5, 5.41) is 0. The molecule has 0 bridgehead atoms. The highest BCUT2D eigenvalue weighted by molar-refractivity contribution is 5.84. The minimum absolute atomic E-state index is 0.0684. The molecule has 2 N–H and O–H groups in total. The third-order valence-corrected chi connectivity index (χ3v) is 5.00. The average molecular weight is 346 g/mol. The van der Waals surface area contributed by atoms with Crippen molar-refractivity contribution in [3.05, 3.63) is 11.8 Å². The normalized spacial score (nSPS) is 21.6. The second kappa shape index (κ2) is 7.25. The van der Waals surface area contributed by atoms with Crippen LogP contribution in [0.5, 0.6) is 0 Å². The molecule has 0 aromatic carbocycles. The van der Waals surface area contributed by atoms with E-state index in [-0.39, 0.29) is 23.7 Å². The molecule has 8 nitrogen and oxygen atoms in total.